The second kappa shape index (κ2) is 10.9. The lowest BCUT2D eigenvalue weighted by molar-refractivity contribution is -0.136. The third kappa shape index (κ3) is 4.53. The fraction of sp³-hybridized carbons (Fsp3) is 0.333. The number of ether oxygens (including phenoxy) is 2. The molecule has 3 aromatic rings. The van der Waals surface area contributed by atoms with Gasteiger partial charge in [0, 0.05) is 23.9 Å². The molecule has 0 radical (unpaired) electrons. The molecule has 3 aliphatic rings. The zero-order chi connectivity index (χ0) is 28.1. The van der Waals surface area contributed by atoms with E-state index in [0.717, 1.165) is 23.1 Å². The fourth-order valence-electron chi connectivity index (χ4n) is 5.38. The van der Waals surface area contributed by atoms with Gasteiger partial charge in [-0.3, -0.25) is 23.7 Å². The quantitative estimate of drug-likeness (QED) is 0.400. The van der Waals surface area contributed by atoms with Gasteiger partial charge in [-0.15, -0.1) is 0 Å². The number of amides is 3. The molecule has 3 atom stereocenters. The summed E-state index contributed by atoms with van der Waals surface area (Å²) in [6, 6.07) is 11.8. The van der Waals surface area contributed by atoms with Crippen LogP contribution in [0.5, 0.6) is 5.75 Å². The Morgan fingerprint density at radius 3 is 2.48 bits per heavy atom. The summed E-state index contributed by atoms with van der Waals surface area (Å²) in [7, 11) is 1.54. The Hall–Kier alpha value is -2.83. The number of morpholine rings is 1. The molecule has 0 bridgehead atoms. The van der Waals surface area contributed by atoms with Gasteiger partial charge in [-0.05, 0) is 35.9 Å². The van der Waals surface area contributed by atoms with Gasteiger partial charge in [0.2, 0.25) is 17.7 Å². The van der Waals surface area contributed by atoms with Crippen molar-refractivity contribution >= 4 is 69.7 Å². The Balaban J connectivity index is 1.45. The summed E-state index contributed by atoms with van der Waals surface area (Å²) in [6.07, 6.45) is 0. The first-order chi connectivity index (χ1) is 19.3. The average molecular weight is 621 g/mol. The second-order valence-electron chi connectivity index (χ2n) is 9.51. The van der Waals surface area contributed by atoms with Crippen LogP contribution in [0.1, 0.15) is 16.4 Å². The van der Waals surface area contributed by atoms with Crippen LogP contribution in [0.2, 0.25) is 10.0 Å². The molecule has 3 amide bonds. The molecule has 2 aromatic carbocycles. The van der Waals surface area contributed by atoms with E-state index in [2.05, 4.69) is 0 Å². The standard InChI is InChI=1S/C27H23Cl2N3O6S2/c1-37-15-7-5-14(6-8-15)32-24(34)20-19(16-3-2-4-17(28)21(16)29)23-26(39-22(20)25(32)35)31(27(36)40-23)13-18(33)30-9-11-38-12-10-30/h2-8,19-20,22H,9-13H2,1H3. The normalized spacial score (nSPS) is 22.3. The first-order valence-corrected chi connectivity index (χ1v) is 15.0. The Kier molecular flexibility index (Phi) is 7.43. The molecule has 208 valence electrons. The number of nitrogens with zero attached hydrogens (tertiary/aromatic N) is 3. The number of carbonyl (C=O) groups is 3. The highest BCUT2D eigenvalue weighted by atomic mass is 35.5. The van der Waals surface area contributed by atoms with Gasteiger partial charge in [0.1, 0.15) is 17.5 Å². The Morgan fingerprint density at radius 1 is 1.05 bits per heavy atom. The lowest BCUT2D eigenvalue weighted by Crippen LogP contribution is -2.43. The summed E-state index contributed by atoms with van der Waals surface area (Å²) < 4.78 is 12.0. The van der Waals surface area contributed by atoms with Crippen molar-refractivity contribution in [2.24, 2.45) is 5.92 Å². The summed E-state index contributed by atoms with van der Waals surface area (Å²) in [5, 5.41) is 0.219. The van der Waals surface area contributed by atoms with Crippen molar-refractivity contribution in [3.05, 3.63) is 72.6 Å². The minimum absolute atomic E-state index is 0.171. The van der Waals surface area contributed by atoms with E-state index in [1.54, 1.807) is 47.4 Å². The summed E-state index contributed by atoms with van der Waals surface area (Å²) in [4.78, 5) is 57.4. The maximum absolute atomic E-state index is 14.0. The molecular formula is C27H23Cl2N3O6S2. The zero-order valence-electron chi connectivity index (χ0n) is 21.2. The summed E-state index contributed by atoms with van der Waals surface area (Å²) >= 11 is 15.2. The molecule has 2 saturated heterocycles. The van der Waals surface area contributed by atoms with Gasteiger partial charge in [-0.2, -0.15) is 0 Å². The molecule has 3 aliphatic heterocycles. The number of halogens is 2. The molecule has 2 fully saturated rings. The SMILES string of the molecule is COc1ccc(N2C(=O)C3Sc4c(sc(=O)n4CC(=O)N4CCOCC4)C(c4cccc(Cl)c4Cl)C3C2=O)cc1. The van der Waals surface area contributed by atoms with E-state index in [1.807, 2.05) is 0 Å². The molecule has 13 heteroatoms. The minimum Gasteiger partial charge on any atom is -0.497 e. The molecule has 4 heterocycles. The lowest BCUT2D eigenvalue weighted by Gasteiger charge is -2.31. The molecule has 0 N–H and O–H groups in total. The second-order valence-corrected chi connectivity index (χ2v) is 12.4. The number of aromatic nitrogens is 1. The van der Waals surface area contributed by atoms with E-state index in [4.69, 9.17) is 32.7 Å². The molecule has 0 saturated carbocycles. The van der Waals surface area contributed by atoms with Crippen LogP contribution in [0.4, 0.5) is 5.69 Å². The number of carbonyl (C=O) groups excluding carboxylic acids is 3. The molecular weight excluding hydrogens is 597 g/mol. The van der Waals surface area contributed by atoms with Crippen molar-refractivity contribution in [2.45, 2.75) is 22.7 Å². The van der Waals surface area contributed by atoms with Crippen molar-refractivity contribution in [2.75, 3.05) is 38.3 Å². The number of fused-ring (bicyclic) bond motifs is 2. The van der Waals surface area contributed by atoms with Gasteiger partial charge in [0.15, 0.2) is 0 Å². The van der Waals surface area contributed by atoms with Crippen LogP contribution in [0.15, 0.2) is 52.3 Å². The van der Waals surface area contributed by atoms with E-state index < -0.39 is 28.9 Å². The predicted molar refractivity (Wildman–Crippen MR) is 153 cm³/mol. The van der Waals surface area contributed by atoms with Gasteiger partial charge in [0.05, 0.1) is 47.0 Å². The van der Waals surface area contributed by atoms with E-state index in [1.165, 1.54) is 16.6 Å². The highest BCUT2D eigenvalue weighted by molar-refractivity contribution is 8.00. The molecule has 1 aromatic heterocycles. The number of benzene rings is 2. The van der Waals surface area contributed by atoms with E-state index in [0.29, 0.717) is 58.2 Å². The first kappa shape index (κ1) is 27.3. The lowest BCUT2D eigenvalue weighted by atomic mass is 9.83. The topological polar surface area (TPSA) is 98.2 Å². The number of hydrogen-bond donors (Lipinski definition) is 0. The maximum Gasteiger partial charge on any atom is 0.308 e. The smallest absolute Gasteiger partial charge is 0.308 e. The van der Waals surface area contributed by atoms with Crippen molar-refractivity contribution in [3.8, 4) is 5.75 Å². The largest absolute Gasteiger partial charge is 0.497 e. The number of thiazole rings is 1. The van der Waals surface area contributed by atoms with Crippen molar-refractivity contribution in [1.29, 1.82) is 0 Å². The number of hydrogen-bond acceptors (Lipinski definition) is 8. The van der Waals surface area contributed by atoms with Crippen LogP contribution < -0.4 is 14.5 Å². The Morgan fingerprint density at radius 2 is 1.77 bits per heavy atom. The van der Waals surface area contributed by atoms with Crippen molar-refractivity contribution in [3.63, 3.8) is 0 Å². The van der Waals surface area contributed by atoms with Crippen molar-refractivity contribution in [1.82, 2.24) is 9.47 Å². The summed E-state index contributed by atoms with van der Waals surface area (Å²) in [6.45, 7) is 1.60. The van der Waals surface area contributed by atoms with Gasteiger partial charge >= 0.3 is 4.87 Å². The van der Waals surface area contributed by atoms with Crippen LogP contribution >= 0.6 is 46.3 Å². The van der Waals surface area contributed by atoms with E-state index >= 15 is 0 Å². The molecule has 40 heavy (non-hydrogen) atoms. The van der Waals surface area contributed by atoms with E-state index in [9.17, 15) is 19.2 Å². The zero-order valence-corrected chi connectivity index (χ0v) is 24.3. The van der Waals surface area contributed by atoms with Crippen LogP contribution in [-0.4, -0.2) is 65.9 Å². The Labute approximate surface area is 247 Å². The number of imide groups is 1. The maximum atomic E-state index is 14.0. The van der Waals surface area contributed by atoms with Gasteiger partial charge in [-0.25, -0.2) is 4.90 Å². The average Bonchev–Trinajstić information content (AvgIpc) is 3.41. The summed E-state index contributed by atoms with van der Waals surface area (Å²) in [5.41, 5.74) is 0.973. The highest BCUT2D eigenvalue weighted by Gasteiger charge is 2.57. The summed E-state index contributed by atoms with van der Waals surface area (Å²) in [5.74, 6) is -1.94. The minimum atomic E-state index is -0.833. The van der Waals surface area contributed by atoms with Crippen LogP contribution in [0.25, 0.3) is 0 Å². The Bertz CT molecular complexity index is 1570. The number of anilines is 1. The fourth-order valence-corrected chi connectivity index (χ4v) is 8.57. The van der Waals surface area contributed by atoms with Gasteiger partial charge < -0.3 is 14.4 Å². The monoisotopic (exact) mass is 619 g/mol. The molecule has 0 spiro atoms. The van der Waals surface area contributed by atoms with E-state index in [-0.39, 0.29) is 22.3 Å². The number of rotatable bonds is 5. The molecule has 6 rings (SSSR count). The predicted octanol–water partition coefficient (Wildman–Crippen LogP) is 3.88. The van der Waals surface area contributed by atoms with Crippen LogP contribution in [0, 0.1) is 5.92 Å². The van der Waals surface area contributed by atoms with Gasteiger partial charge in [-0.1, -0.05) is 58.4 Å². The van der Waals surface area contributed by atoms with Crippen LogP contribution in [-0.2, 0) is 25.7 Å². The molecule has 9 nitrogen and oxygen atoms in total. The first-order valence-electron chi connectivity index (χ1n) is 12.5. The molecule has 0 aliphatic carbocycles. The third-order valence-electron chi connectivity index (χ3n) is 7.35. The number of methoxy groups -OCH3 is 1. The van der Waals surface area contributed by atoms with Crippen molar-refractivity contribution < 1.29 is 23.9 Å². The third-order valence-corrected chi connectivity index (χ3v) is 10.8. The molecule has 3 unspecified atom stereocenters. The number of thioether (sulfide) groups is 1. The van der Waals surface area contributed by atoms with Gasteiger partial charge in [0.25, 0.3) is 0 Å². The van der Waals surface area contributed by atoms with Crippen LogP contribution in [0.3, 0.4) is 0 Å². The highest BCUT2D eigenvalue weighted by Crippen LogP contribution is 2.55.